The first kappa shape index (κ1) is 65.2. The van der Waals surface area contributed by atoms with Gasteiger partial charge in [0, 0.05) is 12.3 Å². The van der Waals surface area contributed by atoms with Gasteiger partial charge in [-0.2, -0.15) is 0 Å². The van der Waals surface area contributed by atoms with Gasteiger partial charge < -0.3 is 41.7 Å². The zero-order valence-electron chi connectivity index (χ0n) is 49.4. The van der Waals surface area contributed by atoms with E-state index in [1.807, 2.05) is 26.8 Å². The summed E-state index contributed by atoms with van der Waals surface area (Å²) in [7, 11) is -6.69. The average molecular weight is 1060 g/mol. The number of rotatable bonds is 25. The van der Waals surface area contributed by atoms with E-state index in [0.29, 0.717) is 24.8 Å². The molecule has 0 radical (unpaired) electrons. The Hall–Kier alpha value is -2.90. The molecule has 15 heteroatoms. The lowest BCUT2D eigenvalue weighted by Crippen LogP contribution is -2.63. The fourth-order valence-corrected chi connectivity index (χ4v) is 11.4. The fraction of sp³-hybridized carbons (Fsp3) is 0.737. The summed E-state index contributed by atoms with van der Waals surface area (Å²) in [4.78, 5) is 40.0. The van der Waals surface area contributed by atoms with E-state index in [-0.39, 0.29) is 33.7 Å². The Labute approximate surface area is 440 Å². The van der Waals surface area contributed by atoms with Crippen LogP contribution in [-0.4, -0.2) is 104 Å². The Morgan fingerprint density at radius 3 is 1.83 bits per heavy atom. The van der Waals surface area contributed by atoms with Crippen LogP contribution in [0, 0.1) is 11.8 Å². The van der Waals surface area contributed by atoms with Gasteiger partial charge in [0.1, 0.15) is 11.7 Å². The van der Waals surface area contributed by atoms with Gasteiger partial charge in [0.2, 0.25) is 0 Å². The van der Waals surface area contributed by atoms with Crippen LogP contribution in [0.5, 0.6) is 0 Å². The van der Waals surface area contributed by atoms with E-state index in [0.717, 1.165) is 16.7 Å². The van der Waals surface area contributed by atoms with Crippen molar-refractivity contribution in [2.75, 3.05) is 6.61 Å². The molecule has 0 spiro atoms. The predicted molar refractivity (Wildman–Crippen MR) is 299 cm³/mol. The highest BCUT2D eigenvalue weighted by Crippen LogP contribution is 2.43. The van der Waals surface area contributed by atoms with Crippen molar-refractivity contribution in [3.8, 4) is 0 Å². The first-order chi connectivity index (χ1) is 32.7. The molecule has 9 atom stereocenters. The normalized spacial score (nSPS) is 23.0. The van der Waals surface area contributed by atoms with Gasteiger partial charge in [0.15, 0.2) is 49.6 Å². The molecule has 2 aliphatic heterocycles. The second-order valence-corrected chi connectivity index (χ2v) is 39.8. The number of hydrogen-bond donors (Lipinski definition) is 0. The van der Waals surface area contributed by atoms with Crippen molar-refractivity contribution in [3.05, 3.63) is 71.9 Å². The molecule has 0 bridgehead atoms. The van der Waals surface area contributed by atoms with Crippen LogP contribution in [0.3, 0.4) is 0 Å². The maximum Gasteiger partial charge on any atom is 0.509 e. The molecule has 2 rings (SSSR count). The quantitative estimate of drug-likeness (QED) is 0.0215. The van der Waals surface area contributed by atoms with E-state index in [2.05, 4.69) is 147 Å². The highest BCUT2D eigenvalue weighted by molar-refractivity contribution is 6.75. The summed E-state index contributed by atoms with van der Waals surface area (Å²) in [6, 6.07) is 0. The van der Waals surface area contributed by atoms with Crippen LogP contribution in [0.15, 0.2) is 71.9 Å². The molecule has 2 saturated heterocycles. The van der Waals surface area contributed by atoms with Crippen molar-refractivity contribution in [2.24, 2.45) is 11.8 Å². The summed E-state index contributed by atoms with van der Waals surface area (Å²) in [5, 5.41) is -0.133. The maximum absolute atomic E-state index is 14.1. The average Bonchev–Trinajstić information content (AvgIpc) is 3.62. The summed E-state index contributed by atoms with van der Waals surface area (Å²) in [6.45, 7) is 58.4. The Balaban J connectivity index is 2.78. The molecular weight excluding hydrogens is 961 g/mol. The molecule has 0 aromatic carbocycles. The molecule has 0 N–H and O–H groups in total. The Morgan fingerprint density at radius 2 is 1.33 bits per heavy atom. The molecule has 0 aromatic rings. The van der Waals surface area contributed by atoms with Crippen LogP contribution in [0.4, 0.5) is 4.79 Å². The Kier molecular flexibility index (Phi) is 23.3. The predicted octanol–water partition coefficient (Wildman–Crippen LogP) is 14.7. The van der Waals surface area contributed by atoms with Crippen LogP contribution < -0.4 is 0 Å². The number of fused-ring (bicyclic) bond motifs is 1. The first-order valence-electron chi connectivity index (χ1n) is 26.2. The van der Waals surface area contributed by atoms with Gasteiger partial charge in [-0.05, 0) is 120 Å². The third-order valence-electron chi connectivity index (χ3n) is 15.5. The molecule has 12 nitrogen and oxygen atoms in total. The lowest BCUT2D eigenvalue weighted by Gasteiger charge is -2.46. The zero-order chi connectivity index (χ0) is 55.7. The van der Waals surface area contributed by atoms with Gasteiger partial charge in [-0.15, -0.1) is 6.58 Å². The second kappa shape index (κ2) is 25.8. The molecule has 0 aliphatic carbocycles. The number of carbonyl (C=O) groups is 3. The summed E-state index contributed by atoms with van der Waals surface area (Å²) >= 11 is 0. The Morgan fingerprint density at radius 1 is 0.792 bits per heavy atom. The van der Waals surface area contributed by atoms with E-state index in [1.54, 1.807) is 39.8 Å². The highest BCUT2D eigenvalue weighted by Gasteiger charge is 2.60. The van der Waals surface area contributed by atoms with Crippen LogP contribution in [0.1, 0.15) is 144 Å². The van der Waals surface area contributed by atoms with Gasteiger partial charge in [0.05, 0.1) is 36.4 Å². The second-order valence-electron chi connectivity index (χ2n) is 25.5. The third-order valence-corrected chi connectivity index (χ3v) is 29.1. The number of esters is 2. The van der Waals surface area contributed by atoms with Gasteiger partial charge in [-0.3, -0.25) is 4.79 Å². The third kappa shape index (κ3) is 17.9. The van der Waals surface area contributed by atoms with Gasteiger partial charge >= 0.3 is 18.1 Å². The monoisotopic (exact) mass is 1060 g/mol. The van der Waals surface area contributed by atoms with E-state index in [9.17, 15) is 14.4 Å². The molecule has 2 heterocycles. The summed E-state index contributed by atoms with van der Waals surface area (Å²) in [6.07, 6.45) is 6.44. The molecular formula is C57H100O12Si3. The molecule has 2 fully saturated rings. The van der Waals surface area contributed by atoms with Gasteiger partial charge in [-0.1, -0.05) is 132 Å². The van der Waals surface area contributed by atoms with E-state index in [4.69, 9.17) is 41.7 Å². The molecule has 0 unspecified atom stereocenters. The summed E-state index contributed by atoms with van der Waals surface area (Å²) in [5.74, 6) is -1.54. The van der Waals surface area contributed by atoms with Crippen LogP contribution in [-0.2, 0) is 51.3 Å². The van der Waals surface area contributed by atoms with Crippen LogP contribution in [0.25, 0.3) is 0 Å². The minimum atomic E-state index is -2.30. The topological polar surface area (TPSA) is 134 Å². The van der Waals surface area contributed by atoms with Crippen molar-refractivity contribution >= 4 is 43.0 Å². The van der Waals surface area contributed by atoms with Gasteiger partial charge in [-0.25, -0.2) is 9.59 Å². The molecule has 0 aromatic heterocycles. The minimum absolute atomic E-state index is 0.00876. The van der Waals surface area contributed by atoms with Crippen molar-refractivity contribution in [2.45, 2.75) is 253 Å². The van der Waals surface area contributed by atoms with Crippen molar-refractivity contribution < 1.29 is 56.1 Å². The van der Waals surface area contributed by atoms with Crippen LogP contribution >= 0.6 is 0 Å². The summed E-state index contributed by atoms with van der Waals surface area (Å²) < 4.78 is 58.0. The maximum atomic E-state index is 14.1. The number of carbonyl (C=O) groups excluding carboxylic acids is 3. The van der Waals surface area contributed by atoms with E-state index >= 15 is 0 Å². The molecule has 0 saturated carbocycles. The minimum Gasteiger partial charge on any atom is -0.456 e. The van der Waals surface area contributed by atoms with Crippen molar-refractivity contribution in [1.82, 2.24) is 0 Å². The van der Waals surface area contributed by atoms with Crippen molar-refractivity contribution in [1.29, 1.82) is 0 Å². The number of hydrogen-bond acceptors (Lipinski definition) is 12. The molecule has 0 amide bonds. The van der Waals surface area contributed by atoms with Gasteiger partial charge in [0.25, 0.3) is 0 Å². The number of allylic oxidation sites excluding steroid dienone is 4. The lowest BCUT2D eigenvalue weighted by molar-refractivity contribution is -0.314. The zero-order valence-corrected chi connectivity index (χ0v) is 52.4. The molecule has 2 aliphatic rings. The number of ether oxygens (including phenoxy) is 6. The smallest absolute Gasteiger partial charge is 0.456 e. The highest BCUT2D eigenvalue weighted by atomic mass is 28.4. The SMILES string of the molecule is C=C/C=C(\CO[Si](C)(C)C(C)(C)C)C(=O)O[C@@H](C/C=C(C)/C=C(\C)[C@H](O[C@H]1OC(C)(C)[C@@H](OC(=O)C(C)C)[C@@H]2OC(=O)O[C@H]12)[C@H](/C=C(\C)[C@H](CC=C)O[Si](C)(C)C(C)(C)C)CC)[C@@H](C)O[Si](C)(C)C(C)(C)C. The van der Waals surface area contributed by atoms with E-state index < -0.39 is 97.5 Å². The standard InChI is InChI=1S/C57H100O12Si3/c1-27-30-43(36-61-70(21,22)54(10,11)12)51(59)62-45(41(9)68-71(23,24)55(13,14)15)33-32-38(6)34-40(8)46(42(29-3)35-39(7)44(31-28-2)69-72(25,26)56(16,17)18)63-52-48-47(64-53(60)65-48)49(57(19,20)67-52)66-50(58)37(4)5/h27-28,30,32,34-35,37,41-42,44-49,52H,1-2,29,31,33,36H2,3-26H3/b38-32+,39-35+,40-34+,43-30+/t41-,42+,44+,45+,46+,47-,48+,49+,52+/m1/s1. The molecule has 72 heavy (non-hydrogen) atoms. The summed E-state index contributed by atoms with van der Waals surface area (Å²) in [5.41, 5.74) is 2.10. The largest absolute Gasteiger partial charge is 0.509 e. The van der Waals surface area contributed by atoms with E-state index in [1.165, 1.54) is 0 Å². The first-order valence-corrected chi connectivity index (χ1v) is 35.0. The molecule has 412 valence electrons. The van der Waals surface area contributed by atoms with Crippen molar-refractivity contribution in [3.63, 3.8) is 0 Å². The Bertz CT molecular complexity index is 1990. The van der Waals surface area contributed by atoms with Crippen LogP contribution in [0.2, 0.25) is 54.4 Å². The lowest BCUT2D eigenvalue weighted by atomic mass is 9.88. The fourth-order valence-electron chi connectivity index (χ4n) is 7.66.